The molecule has 0 aliphatic rings. The second-order valence-corrected chi connectivity index (χ2v) is 4.73. The van der Waals surface area contributed by atoms with Gasteiger partial charge in [-0.25, -0.2) is 9.18 Å². The Kier molecular flexibility index (Phi) is 5.96. The normalized spacial score (nSPS) is 13.3. The molecule has 0 saturated carbocycles. The minimum absolute atomic E-state index is 0.000890. The Morgan fingerprint density at radius 1 is 1.30 bits per heavy atom. The van der Waals surface area contributed by atoms with Crippen LogP contribution in [0.1, 0.15) is 38.3 Å². The van der Waals surface area contributed by atoms with Crippen molar-refractivity contribution in [2.75, 3.05) is 0 Å². The first-order chi connectivity index (χ1) is 9.38. The summed E-state index contributed by atoms with van der Waals surface area (Å²) in [6.45, 7) is 3.48. The number of nitrogens with one attached hydrogen (secondary N) is 2. The van der Waals surface area contributed by atoms with Gasteiger partial charge in [-0.2, -0.15) is 0 Å². The number of carboxylic acid groups (broad SMARTS) is 1. The average molecular weight is 282 g/mol. The number of amides is 2. The van der Waals surface area contributed by atoms with Gasteiger partial charge in [0.25, 0.3) is 0 Å². The van der Waals surface area contributed by atoms with E-state index in [1.54, 1.807) is 26.0 Å². The van der Waals surface area contributed by atoms with Gasteiger partial charge in [0.05, 0.1) is 6.04 Å². The number of benzene rings is 1. The van der Waals surface area contributed by atoms with Gasteiger partial charge >= 0.3 is 12.0 Å². The smallest absolute Gasteiger partial charge is 0.315 e. The van der Waals surface area contributed by atoms with Crippen molar-refractivity contribution in [2.45, 2.75) is 38.8 Å². The Bertz CT molecular complexity index is 479. The first-order valence-electron chi connectivity index (χ1n) is 6.42. The lowest BCUT2D eigenvalue weighted by Gasteiger charge is -2.18. The third-order valence-electron chi connectivity index (χ3n) is 2.86. The maximum atomic E-state index is 13.1. The molecule has 0 aliphatic carbocycles. The fourth-order valence-corrected chi connectivity index (χ4v) is 1.73. The molecule has 0 radical (unpaired) electrons. The predicted molar refractivity (Wildman–Crippen MR) is 72.8 cm³/mol. The second-order valence-electron chi connectivity index (χ2n) is 4.73. The van der Waals surface area contributed by atoms with Crippen molar-refractivity contribution in [1.29, 1.82) is 0 Å². The summed E-state index contributed by atoms with van der Waals surface area (Å²) in [5, 5.41) is 13.9. The van der Waals surface area contributed by atoms with Gasteiger partial charge in [0.15, 0.2) is 0 Å². The Morgan fingerprint density at radius 3 is 2.60 bits per heavy atom. The van der Waals surface area contributed by atoms with Crippen LogP contribution in [0.5, 0.6) is 0 Å². The van der Waals surface area contributed by atoms with Crippen molar-refractivity contribution < 1.29 is 19.1 Å². The third-order valence-corrected chi connectivity index (χ3v) is 2.86. The molecule has 0 spiro atoms. The summed E-state index contributed by atoms with van der Waals surface area (Å²) in [7, 11) is 0. The molecule has 0 heterocycles. The zero-order chi connectivity index (χ0) is 15.1. The van der Waals surface area contributed by atoms with Gasteiger partial charge in [-0.05, 0) is 38.0 Å². The van der Waals surface area contributed by atoms with Crippen molar-refractivity contribution in [2.24, 2.45) is 0 Å². The van der Waals surface area contributed by atoms with Gasteiger partial charge in [0.1, 0.15) is 5.82 Å². The van der Waals surface area contributed by atoms with Gasteiger partial charge in [-0.1, -0.05) is 12.1 Å². The molecule has 3 N–H and O–H groups in total. The highest BCUT2D eigenvalue weighted by atomic mass is 19.1. The van der Waals surface area contributed by atoms with Crippen LogP contribution >= 0.6 is 0 Å². The molecule has 6 heteroatoms. The summed E-state index contributed by atoms with van der Waals surface area (Å²) in [4.78, 5) is 22.1. The molecule has 0 saturated heterocycles. The first-order valence-corrected chi connectivity index (χ1v) is 6.42. The number of hydrogen-bond donors (Lipinski definition) is 3. The molecule has 1 aromatic carbocycles. The van der Waals surface area contributed by atoms with Crippen LogP contribution < -0.4 is 10.6 Å². The summed E-state index contributed by atoms with van der Waals surface area (Å²) in [5.41, 5.74) is 0.665. The van der Waals surface area contributed by atoms with Crippen LogP contribution in [-0.4, -0.2) is 23.1 Å². The highest BCUT2D eigenvalue weighted by Crippen LogP contribution is 2.13. The molecule has 0 bridgehead atoms. The zero-order valence-corrected chi connectivity index (χ0v) is 11.5. The molecule has 1 rings (SSSR count). The summed E-state index contributed by atoms with van der Waals surface area (Å²) < 4.78 is 13.1. The van der Waals surface area contributed by atoms with Gasteiger partial charge in [-0.3, -0.25) is 4.79 Å². The standard InChI is InChI=1S/C14H19FN2O3/c1-9(6-7-13(18)19)16-14(20)17-10(2)11-4-3-5-12(15)8-11/h3-5,8-10H,6-7H2,1-2H3,(H,18,19)(H2,16,17,20). The number of halogens is 1. The van der Waals surface area contributed by atoms with Crippen LogP contribution in [-0.2, 0) is 4.79 Å². The quantitative estimate of drug-likeness (QED) is 0.750. The molecule has 0 aliphatic heterocycles. The van der Waals surface area contributed by atoms with Crippen molar-refractivity contribution in [3.05, 3.63) is 35.6 Å². The molecule has 2 amide bonds. The maximum absolute atomic E-state index is 13.1. The van der Waals surface area contributed by atoms with E-state index in [0.717, 1.165) is 0 Å². The SMILES string of the molecule is CC(CCC(=O)O)NC(=O)NC(C)c1cccc(F)c1. The molecule has 0 fully saturated rings. The third kappa shape index (κ3) is 5.69. The van der Waals surface area contributed by atoms with E-state index in [2.05, 4.69) is 10.6 Å². The molecule has 2 unspecified atom stereocenters. The van der Waals surface area contributed by atoms with Crippen molar-refractivity contribution in [1.82, 2.24) is 10.6 Å². The lowest BCUT2D eigenvalue weighted by atomic mass is 10.1. The van der Waals surface area contributed by atoms with E-state index >= 15 is 0 Å². The van der Waals surface area contributed by atoms with Crippen LogP contribution in [0, 0.1) is 5.82 Å². The highest BCUT2D eigenvalue weighted by molar-refractivity contribution is 5.74. The van der Waals surface area contributed by atoms with Gasteiger partial charge in [-0.15, -0.1) is 0 Å². The fraction of sp³-hybridized carbons (Fsp3) is 0.429. The fourth-order valence-electron chi connectivity index (χ4n) is 1.73. The number of rotatable bonds is 6. The first kappa shape index (κ1) is 15.9. The van der Waals surface area contributed by atoms with Crippen LogP contribution in [0.15, 0.2) is 24.3 Å². The number of carbonyl (C=O) groups is 2. The predicted octanol–water partition coefficient (Wildman–Crippen LogP) is 2.44. The Morgan fingerprint density at radius 2 is 2.00 bits per heavy atom. The molecular formula is C14H19FN2O3. The number of aliphatic carboxylic acids is 1. The second kappa shape index (κ2) is 7.47. The highest BCUT2D eigenvalue weighted by Gasteiger charge is 2.12. The van der Waals surface area contributed by atoms with E-state index in [0.29, 0.717) is 12.0 Å². The lowest BCUT2D eigenvalue weighted by molar-refractivity contribution is -0.137. The van der Waals surface area contributed by atoms with Crippen molar-refractivity contribution in [3.8, 4) is 0 Å². The maximum Gasteiger partial charge on any atom is 0.315 e. The summed E-state index contributed by atoms with van der Waals surface area (Å²) >= 11 is 0. The minimum Gasteiger partial charge on any atom is -0.481 e. The molecule has 20 heavy (non-hydrogen) atoms. The number of carboxylic acids is 1. The zero-order valence-electron chi connectivity index (χ0n) is 11.5. The summed E-state index contributed by atoms with van der Waals surface area (Å²) in [6, 6.07) is 5.02. The van der Waals surface area contributed by atoms with Crippen LogP contribution in [0.25, 0.3) is 0 Å². The average Bonchev–Trinajstić information content (AvgIpc) is 2.36. The summed E-state index contributed by atoms with van der Waals surface area (Å²) in [5.74, 6) is -1.25. The van der Waals surface area contributed by atoms with E-state index in [1.807, 2.05) is 0 Å². The van der Waals surface area contributed by atoms with Crippen molar-refractivity contribution in [3.63, 3.8) is 0 Å². The number of urea groups is 1. The monoisotopic (exact) mass is 282 g/mol. The lowest BCUT2D eigenvalue weighted by Crippen LogP contribution is -2.41. The van der Waals surface area contributed by atoms with Crippen LogP contribution in [0.4, 0.5) is 9.18 Å². The van der Waals surface area contributed by atoms with Gasteiger partial charge in [0, 0.05) is 12.5 Å². The number of hydrogen-bond acceptors (Lipinski definition) is 2. The van der Waals surface area contributed by atoms with Gasteiger partial charge in [0.2, 0.25) is 0 Å². The largest absolute Gasteiger partial charge is 0.481 e. The number of carbonyl (C=O) groups excluding carboxylic acids is 1. The van der Waals surface area contributed by atoms with Gasteiger partial charge < -0.3 is 15.7 Å². The molecular weight excluding hydrogens is 263 g/mol. The molecule has 0 aromatic heterocycles. The molecule has 1 aromatic rings. The van der Waals surface area contributed by atoms with E-state index in [-0.39, 0.29) is 24.3 Å². The minimum atomic E-state index is -0.896. The van der Waals surface area contributed by atoms with Crippen LogP contribution in [0.3, 0.4) is 0 Å². The van der Waals surface area contributed by atoms with E-state index in [1.165, 1.54) is 12.1 Å². The van der Waals surface area contributed by atoms with Crippen molar-refractivity contribution >= 4 is 12.0 Å². The van der Waals surface area contributed by atoms with E-state index in [9.17, 15) is 14.0 Å². The van der Waals surface area contributed by atoms with Crippen LogP contribution in [0.2, 0.25) is 0 Å². The molecule has 5 nitrogen and oxygen atoms in total. The Balaban J connectivity index is 2.43. The molecule has 2 atom stereocenters. The van der Waals surface area contributed by atoms with E-state index in [4.69, 9.17) is 5.11 Å². The topological polar surface area (TPSA) is 78.4 Å². The summed E-state index contributed by atoms with van der Waals surface area (Å²) in [6.07, 6.45) is 0.359. The van der Waals surface area contributed by atoms with E-state index < -0.39 is 12.0 Å². The molecule has 110 valence electrons. The Hall–Kier alpha value is -2.11. The Labute approximate surface area is 117 Å².